The van der Waals surface area contributed by atoms with Crippen molar-refractivity contribution in [3.05, 3.63) is 57.1 Å². The van der Waals surface area contributed by atoms with Gasteiger partial charge in [-0.2, -0.15) is 13.2 Å². The highest BCUT2D eigenvalue weighted by atomic mass is 35.5. The molecule has 2 aliphatic heterocycles. The number of hydrogen-bond donors (Lipinski definition) is 0. The molecule has 0 N–H and O–H groups in total. The van der Waals surface area contributed by atoms with Crippen LogP contribution in [0.4, 0.5) is 13.2 Å². The molecule has 1 aromatic rings. The fourth-order valence-electron chi connectivity index (χ4n) is 4.65. The van der Waals surface area contributed by atoms with Crippen LogP contribution in [0.2, 0.25) is 5.02 Å². The molecule has 4 rings (SSSR count). The van der Waals surface area contributed by atoms with Crippen LogP contribution in [0.3, 0.4) is 0 Å². The smallest absolute Gasteiger partial charge is 0.337 e. The van der Waals surface area contributed by atoms with E-state index < -0.39 is 11.7 Å². The highest BCUT2D eigenvalue weighted by Crippen LogP contribution is 2.35. The first-order chi connectivity index (χ1) is 15.2. The summed E-state index contributed by atoms with van der Waals surface area (Å²) >= 11 is 11.7. The van der Waals surface area contributed by atoms with Gasteiger partial charge in [-0.05, 0) is 43.0 Å². The van der Waals surface area contributed by atoms with E-state index in [9.17, 15) is 18.0 Å². The fraction of sp³-hybridized carbons (Fsp3) is 0.522. The zero-order chi connectivity index (χ0) is 22.9. The first kappa shape index (κ1) is 23.6. The van der Waals surface area contributed by atoms with Crippen LogP contribution < -0.4 is 0 Å². The Hall–Kier alpha value is -1.54. The zero-order valence-electron chi connectivity index (χ0n) is 17.7. The summed E-state index contributed by atoms with van der Waals surface area (Å²) in [5.41, 5.74) is 0.653. The van der Waals surface area contributed by atoms with E-state index in [0.717, 1.165) is 68.8 Å². The molecule has 0 unspecified atom stereocenters. The van der Waals surface area contributed by atoms with Gasteiger partial charge in [0.2, 0.25) is 5.91 Å². The minimum atomic E-state index is -4.45. The van der Waals surface area contributed by atoms with Crippen LogP contribution in [0.5, 0.6) is 0 Å². The van der Waals surface area contributed by atoms with Gasteiger partial charge in [0.25, 0.3) is 0 Å². The molecular formula is C23H26Cl2F3N3O. The van der Waals surface area contributed by atoms with Gasteiger partial charge in [0.15, 0.2) is 0 Å². The predicted molar refractivity (Wildman–Crippen MR) is 120 cm³/mol. The van der Waals surface area contributed by atoms with E-state index in [1.807, 2.05) is 17.1 Å². The molecular weight excluding hydrogens is 462 g/mol. The molecule has 1 aromatic carbocycles. The number of allylic oxidation sites excluding steroid dienone is 3. The van der Waals surface area contributed by atoms with Crippen LogP contribution in [0, 0.1) is 0 Å². The molecule has 2 saturated heterocycles. The van der Waals surface area contributed by atoms with E-state index in [1.54, 1.807) is 6.07 Å². The van der Waals surface area contributed by atoms with Crippen molar-refractivity contribution in [2.75, 3.05) is 39.3 Å². The molecule has 174 valence electrons. The molecule has 1 atom stereocenters. The Kier molecular flexibility index (Phi) is 7.20. The van der Waals surface area contributed by atoms with Crippen LogP contribution in [0.15, 0.2) is 41.0 Å². The van der Waals surface area contributed by atoms with E-state index in [-0.39, 0.29) is 10.9 Å². The first-order valence-corrected chi connectivity index (χ1v) is 11.6. The number of carbonyl (C=O) groups is 1. The lowest BCUT2D eigenvalue weighted by Gasteiger charge is -2.38. The molecule has 0 saturated carbocycles. The van der Waals surface area contributed by atoms with Crippen LogP contribution in [0.25, 0.3) is 0 Å². The Morgan fingerprint density at radius 2 is 1.78 bits per heavy atom. The molecule has 9 heteroatoms. The van der Waals surface area contributed by atoms with Crippen molar-refractivity contribution in [2.45, 2.75) is 38.0 Å². The van der Waals surface area contributed by atoms with Gasteiger partial charge in [0.05, 0.1) is 10.6 Å². The summed E-state index contributed by atoms with van der Waals surface area (Å²) in [6.45, 7) is 5.18. The normalized spacial score (nSPS) is 23.3. The van der Waals surface area contributed by atoms with Gasteiger partial charge in [-0.25, -0.2) is 0 Å². The number of hydrogen-bond acceptors (Lipinski definition) is 3. The Labute approximate surface area is 196 Å². The molecule has 0 aromatic heterocycles. The quantitative estimate of drug-likeness (QED) is 0.602. The summed E-state index contributed by atoms with van der Waals surface area (Å²) in [4.78, 5) is 19.3. The van der Waals surface area contributed by atoms with Crippen molar-refractivity contribution in [2.24, 2.45) is 0 Å². The molecule has 0 radical (unpaired) electrons. The molecule has 0 bridgehead atoms. The SMILES string of the molecule is O=C(C1=CC=C(Cl)CC1)N1CC[C@@H](N2CCN(Cc3ccc(Cl)c(C(F)(F)F)c3)CC2)C1. The molecule has 0 spiro atoms. The third-order valence-corrected chi connectivity index (χ3v) is 7.13. The second kappa shape index (κ2) is 9.75. The van der Waals surface area contributed by atoms with Gasteiger partial charge in [-0.3, -0.25) is 14.6 Å². The molecule has 2 heterocycles. The summed E-state index contributed by atoms with van der Waals surface area (Å²) in [6.07, 6.45) is 1.55. The Balaban J connectivity index is 1.28. The van der Waals surface area contributed by atoms with Crippen molar-refractivity contribution in [1.29, 1.82) is 0 Å². The van der Waals surface area contributed by atoms with Gasteiger partial charge >= 0.3 is 6.18 Å². The van der Waals surface area contributed by atoms with E-state index >= 15 is 0 Å². The maximum atomic E-state index is 13.1. The number of alkyl halides is 3. The van der Waals surface area contributed by atoms with Gasteiger partial charge in [0.1, 0.15) is 0 Å². The summed E-state index contributed by atoms with van der Waals surface area (Å²) in [6, 6.07) is 4.47. The number of carbonyl (C=O) groups excluding carboxylic acids is 1. The number of rotatable bonds is 4. The van der Waals surface area contributed by atoms with Gasteiger partial charge in [-0.15, -0.1) is 0 Å². The van der Waals surface area contributed by atoms with Crippen molar-refractivity contribution in [3.63, 3.8) is 0 Å². The van der Waals surface area contributed by atoms with E-state index in [4.69, 9.17) is 23.2 Å². The third kappa shape index (κ3) is 5.50. The predicted octanol–water partition coefficient (Wildman–Crippen LogP) is 4.92. The average Bonchev–Trinajstić information content (AvgIpc) is 3.25. The molecule has 1 aliphatic carbocycles. The number of halogens is 5. The minimum Gasteiger partial charge on any atom is -0.337 e. The largest absolute Gasteiger partial charge is 0.417 e. The van der Waals surface area contributed by atoms with Gasteiger partial charge in [-0.1, -0.05) is 35.3 Å². The number of piperazine rings is 1. The van der Waals surface area contributed by atoms with Crippen LogP contribution in [-0.2, 0) is 17.5 Å². The maximum Gasteiger partial charge on any atom is 0.417 e. The minimum absolute atomic E-state index is 0.106. The highest BCUT2D eigenvalue weighted by Gasteiger charge is 2.35. The number of amides is 1. The van der Waals surface area contributed by atoms with Gasteiger partial charge in [0, 0.05) is 62.5 Å². The molecule has 32 heavy (non-hydrogen) atoms. The van der Waals surface area contributed by atoms with Crippen molar-refractivity contribution in [1.82, 2.24) is 14.7 Å². The summed E-state index contributed by atoms with van der Waals surface area (Å²) in [5.74, 6) is 0.106. The molecule has 3 aliphatic rings. The van der Waals surface area contributed by atoms with E-state index in [2.05, 4.69) is 9.80 Å². The fourth-order valence-corrected chi connectivity index (χ4v) is 5.03. The van der Waals surface area contributed by atoms with E-state index in [1.165, 1.54) is 6.07 Å². The van der Waals surface area contributed by atoms with Crippen molar-refractivity contribution in [3.8, 4) is 0 Å². The molecule has 2 fully saturated rings. The van der Waals surface area contributed by atoms with E-state index in [0.29, 0.717) is 24.6 Å². The van der Waals surface area contributed by atoms with Crippen LogP contribution in [-0.4, -0.2) is 65.9 Å². The summed E-state index contributed by atoms with van der Waals surface area (Å²) < 4.78 is 39.3. The average molecular weight is 488 g/mol. The Bertz CT molecular complexity index is 924. The number of nitrogens with zero attached hydrogens (tertiary/aromatic N) is 3. The molecule has 4 nitrogen and oxygen atoms in total. The van der Waals surface area contributed by atoms with Gasteiger partial charge < -0.3 is 4.90 Å². The Morgan fingerprint density at radius 3 is 2.44 bits per heavy atom. The monoisotopic (exact) mass is 487 g/mol. The highest BCUT2D eigenvalue weighted by molar-refractivity contribution is 6.31. The van der Waals surface area contributed by atoms with Crippen LogP contribution >= 0.6 is 23.2 Å². The molecule has 1 amide bonds. The lowest BCUT2D eigenvalue weighted by molar-refractivity contribution is -0.137. The standard InChI is InChI=1S/C23H26Cl2F3N3O/c24-18-4-2-17(3-5-18)22(32)31-8-7-19(15-31)30-11-9-29(10-12-30)14-16-1-6-21(25)20(13-16)23(26,27)28/h1-2,4,6,13,19H,3,5,7-12,14-15H2/t19-/m1/s1. The maximum absolute atomic E-state index is 13.1. The summed E-state index contributed by atoms with van der Waals surface area (Å²) in [7, 11) is 0. The van der Waals surface area contributed by atoms with Crippen LogP contribution in [0.1, 0.15) is 30.4 Å². The number of benzene rings is 1. The Morgan fingerprint density at radius 1 is 1.03 bits per heavy atom. The van der Waals surface area contributed by atoms with Crippen molar-refractivity contribution >= 4 is 29.1 Å². The summed E-state index contributed by atoms with van der Waals surface area (Å²) in [5, 5.41) is 0.515. The lowest BCUT2D eigenvalue weighted by Crippen LogP contribution is -2.50. The third-order valence-electron chi connectivity index (χ3n) is 6.49. The number of likely N-dealkylation sites (tertiary alicyclic amines) is 1. The second-order valence-electron chi connectivity index (χ2n) is 8.62. The second-order valence-corrected chi connectivity index (χ2v) is 9.52. The zero-order valence-corrected chi connectivity index (χ0v) is 19.2. The topological polar surface area (TPSA) is 26.8 Å². The van der Waals surface area contributed by atoms with Crippen molar-refractivity contribution < 1.29 is 18.0 Å². The lowest BCUT2D eigenvalue weighted by atomic mass is 10.0. The first-order valence-electron chi connectivity index (χ1n) is 10.9.